The summed E-state index contributed by atoms with van der Waals surface area (Å²) < 4.78 is 6.83. The van der Waals surface area contributed by atoms with Crippen LogP contribution in [0.2, 0.25) is 0 Å². The zero-order chi connectivity index (χ0) is 33.7. The predicted octanol–water partition coefficient (Wildman–Crippen LogP) is 13.0. The van der Waals surface area contributed by atoms with Gasteiger partial charge in [0.05, 0.1) is 11.2 Å². The second kappa shape index (κ2) is 11.9. The second-order valence-electron chi connectivity index (χ2n) is 13.0. The molecule has 3 nitrogen and oxygen atoms in total. The number of para-hydroxylation sites is 1. The normalized spacial score (nSPS) is 11.5. The molecule has 0 fully saturated rings. The zero-order valence-electron chi connectivity index (χ0n) is 27.6. The maximum atomic E-state index is 6.83. The number of hydrogen-bond donors (Lipinski definition) is 0. The zero-order valence-corrected chi connectivity index (χ0v) is 27.6. The second-order valence-corrected chi connectivity index (χ2v) is 13.0. The Bertz CT molecular complexity index is 2870. The monoisotopic (exact) mass is 650 g/mol. The van der Waals surface area contributed by atoms with E-state index in [1.807, 2.05) is 18.2 Å². The van der Waals surface area contributed by atoms with Gasteiger partial charge in [0.15, 0.2) is 5.82 Å². The van der Waals surface area contributed by atoms with Crippen LogP contribution >= 0.6 is 0 Å². The van der Waals surface area contributed by atoms with Crippen LogP contribution < -0.4 is 0 Å². The minimum absolute atomic E-state index is 0.669. The van der Waals surface area contributed by atoms with Gasteiger partial charge < -0.3 is 4.42 Å². The summed E-state index contributed by atoms with van der Waals surface area (Å²) >= 11 is 0. The Balaban J connectivity index is 1.18. The van der Waals surface area contributed by atoms with Gasteiger partial charge in [-0.05, 0) is 68.9 Å². The molecule has 3 heteroatoms. The van der Waals surface area contributed by atoms with Crippen LogP contribution in [0.5, 0.6) is 0 Å². The van der Waals surface area contributed by atoms with Crippen LogP contribution in [0.1, 0.15) is 0 Å². The van der Waals surface area contributed by atoms with Crippen LogP contribution in [0, 0.1) is 0 Å². The Kier molecular flexibility index (Phi) is 6.81. The molecule has 0 aliphatic heterocycles. The minimum Gasteiger partial charge on any atom is -0.455 e. The maximum absolute atomic E-state index is 6.83. The van der Waals surface area contributed by atoms with E-state index in [4.69, 9.17) is 14.4 Å². The molecule has 0 bridgehead atoms. The Morgan fingerprint density at radius 2 is 0.902 bits per heavy atom. The molecular weight excluding hydrogens is 621 g/mol. The van der Waals surface area contributed by atoms with Gasteiger partial charge in [-0.2, -0.15) is 0 Å². The van der Waals surface area contributed by atoms with Crippen molar-refractivity contribution in [3.8, 4) is 56.0 Å². The van der Waals surface area contributed by atoms with Crippen LogP contribution in [0.25, 0.3) is 99.6 Å². The highest BCUT2D eigenvalue weighted by Gasteiger charge is 2.21. The molecule has 0 N–H and O–H groups in total. The largest absolute Gasteiger partial charge is 0.455 e. The number of aromatic nitrogens is 2. The van der Waals surface area contributed by atoms with Crippen molar-refractivity contribution in [2.24, 2.45) is 0 Å². The van der Waals surface area contributed by atoms with Crippen LogP contribution in [0.4, 0.5) is 0 Å². The van der Waals surface area contributed by atoms with Gasteiger partial charge in [0.1, 0.15) is 11.2 Å². The molecule has 0 aliphatic carbocycles. The van der Waals surface area contributed by atoms with Gasteiger partial charge >= 0.3 is 0 Å². The molecule has 10 rings (SSSR count). The van der Waals surface area contributed by atoms with Crippen molar-refractivity contribution in [1.29, 1.82) is 0 Å². The molecule has 8 aromatic carbocycles. The Morgan fingerprint density at radius 1 is 0.373 bits per heavy atom. The third-order valence-electron chi connectivity index (χ3n) is 9.90. The smallest absolute Gasteiger partial charge is 0.161 e. The Morgan fingerprint density at radius 3 is 1.59 bits per heavy atom. The molecule has 2 heterocycles. The average molecular weight is 651 g/mol. The fraction of sp³-hybridized carbons (Fsp3) is 0. The van der Waals surface area contributed by atoms with Gasteiger partial charge in [-0.15, -0.1) is 0 Å². The number of fused-ring (bicyclic) bond motifs is 5. The highest BCUT2D eigenvalue weighted by atomic mass is 16.3. The predicted molar refractivity (Wildman–Crippen MR) is 212 cm³/mol. The number of rotatable bonds is 5. The molecular formula is C48H30N2O. The molecule has 0 radical (unpaired) electrons. The van der Waals surface area contributed by atoms with Crippen molar-refractivity contribution >= 4 is 43.6 Å². The van der Waals surface area contributed by atoms with E-state index < -0.39 is 0 Å². The average Bonchev–Trinajstić information content (AvgIpc) is 3.58. The molecule has 0 spiro atoms. The maximum Gasteiger partial charge on any atom is 0.161 e. The summed E-state index contributed by atoms with van der Waals surface area (Å²) in [4.78, 5) is 10.5. The molecule has 0 saturated heterocycles. The molecule has 0 atom stereocenters. The summed E-state index contributed by atoms with van der Waals surface area (Å²) in [5.74, 6) is 0.669. The van der Waals surface area contributed by atoms with Gasteiger partial charge in [-0.25, -0.2) is 9.97 Å². The summed E-state index contributed by atoms with van der Waals surface area (Å²) in [6, 6.07) is 63.8. The Hall–Kier alpha value is -6.84. The Labute approximate surface area is 295 Å². The summed E-state index contributed by atoms with van der Waals surface area (Å²) in [5, 5.41) is 5.38. The van der Waals surface area contributed by atoms with E-state index in [0.29, 0.717) is 5.82 Å². The van der Waals surface area contributed by atoms with Gasteiger partial charge in [0, 0.05) is 32.8 Å². The van der Waals surface area contributed by atoms with Gasteiger partial charge in [-0.1, -0.05) is 152 Å². The van der Waals surface area contributed by atoms with E-state index in [0.717, 1.165) is 71.6 Å². The first-order valence-corrected chi connectivity index (χ1v) is 17.2. The summed E-state index contributed by atoms with van der Waals surface area (Å²) in [6.07, 6.45) is 0. The molecule has 51 heavy (non-hydrogen) atoms. The molecule has 2 aromatic heterocycles. The SMILES string of the molecule is c1ccc(-c2ccc(-c3nc(-c4ccc(-c5ccc(-c6ccccc6)cc5)c5oc6cc7ccccc7cc6c45)nc4ccccc34)cc2)cc1. The number of furan rings is 1. The van der Waals surface area contributed by atoms with Gasteiger partial charge in [0.25, 0.3) is 0 Å². The summed E-state index contributed by atoms with van der Waals surface area (Å²) in [6.45, 7) is 0. The third-order valence-corrected chi connectivity index (χ3v) is 9.90. The van der Waals surface area contributed by atoms with Crippen molar-refractivity contribution in [2.75, 3.05) is 0 Å². The summed E-state index contributed by atoms with van der Waals surface area (Å²) in [7, 11) is 0. The minimum atomic E-state index is 0.669. The highest BCUT2D eigenvalue weighted by molar-refractivity contribution is 6.18. The standard InChI is InChI=1S/C48H30N2O/c1-3-11-31(12-4-1)33-19-23-35(24-20-33)39-27-28-41(45-42-29-37-15-7-8-16-38(37)30-44(42)51-47(39)45)48-49-43-18-10-9-17-40(43)46(50-48)36-25-21-34(22-26-36)32-13-5-2-6-14-32/h1-30H. The first kappa shape index (κ1) is 29.1. The molecule has 238 valence electrons. The van der Waals surface area contributed by atoms with Crippen LogP contribution in [-0.2, 0) is 0 Å². The number of nitrogens with zero attached hydrogens (tertiary/aromatic N) is 2. The van der Waals surface area contributed by atoms with E-state index in [2.05, 4.69) is 164 Å². The molecule has 0 unspecified atom stereocenters. The van der Waals surface area contributed by atoms with Crippen molar-refractivity contribution in [3.63, 3.8) is 0 Å². The van der Waals surface area contributed by atoms with E-state index in [-0.39, 0.29) is 0 Å². The first-order chi connectivity index (χ1) is 25.3. The topological polar surface area (TPSA) is 38.9 Å². The van der Waals surface area contributed by atoms with Crippen molar-refractivity contribution in [3.05, 3.63) is 182 Å². The number of hydrogen-bond acceptors (Lipinski definition) is 3. The van der Waals surface area contributed by atoms with Crippen LogP contribution in [0.15, 0.2) is 186 Å². The van der Waals surface area contributed by atoms with Gasteiger partial charge in [-0.3, -0.25) is 0 Å². The van der Waals surface area contributed by atoms with Crippen molar-refractivity contribution in [1.82, 2.24) is 9.97 Å². The lowest BCUT2D eigenvalue weighted by Gasteiger charge is -2.12. The fourth-order valence-corrected chi connectivity index (χ4v) is 7.32. The highest BCUT2D eigenvalue weighted by Crippen LogP contribution is 2.43. The van der Waals surface area contributed by atoms with Crippen molar-refractivity contribution < 1.29 is 4.42 Å². The number of benzene rings is 8. The van der Waals surface area contributed by atoms with Crippen LogP contribution in [0.3, 0.4) is 0 Å². The third kappa shape index (κ3) is 5.06. The lowest BCUT2D eigenvalue weighted by molar-refractivity contribution is 0.670. The molecule has 0 saturated carbocycles. The van der Waals surface area contributed by atoms with Crippen molar-refractivity contribution in [2.45, 2.75) is 0 Å². The molecule has 10 aromatic rings. The van der Waals surface area contributed by atoms with E-state index >= 15 is 0 Å². The molecule has 0 aliphatic rings. The van der Waals surface area contributed by atoms with E-state index in [1.54, 1.807) is 0 Å². The fourth-order valence-electron chi connectivity index (χ4n) is 7.32. The lowest BCUT2D eigenvalue weighted by atomic mass is 9.95. The van der Waals surface area contributed by atoms with Crippen LogP contribution in [-0.4, -0.2) is 9.97 Å². The molecule has 0 amide bonds. The summed E-state index contributed by atoms with van der Waals surface area (Å²) in [5.41, 5.74) is 12.3. The first-order valence-electron chi connectivity index (χ1n) is 17.2. The lowest BCUT2D eigenvalue weighted by Crippen LogP contribution is -1.96. The van der Waals surface area contributed by atoms with Gasteiger partial charge in [0.2, 0.25) is 0 Å². The van der Waals surface area contributed by atoms with E-state index in [1.165, 1.54) is 22.3 Å². The quantitative estimate of drug-likeness (QED) is 0.186. The van der Waals surface area contributed by atoms with E-state index in [9.17, 15) is 0 Å².